The van der Waals surface area contributed by atoms with Crippen LogP contribution in [0.5, 0.6) is 5.75 Å². The van der Waals surface area contributed by atoms with Crippen LogP contribution in [0.15, 0.2) is 28.9 Å². The van der Waals surface area contributed by atoms with Gasteiger partial charge in [-0.1, -0.05) is 12.1 Å². The molecule has 0 bridgehead atoms. The molecule has 1 fully saturated rings. The second-order valence-electron chi connectivity index (χ2n) is 6.07. The van der Waals surface area contributed by atoms with E-state index in [4.69, 9.17) is 19.4 Å². The van der Waals surface area contributed by atoms with Gasteiger partial charge in [-0.25, -0.2) is 0 Å². The Bertz CT molecular complexity index is 719. The number of piperidine rings is 1. The first-order chi connectivity index (χ1) is 12.5. The second kappa shape index (κ2) is 9.82. The first-order valence-electron chi connectivity index (χ1n) is 8.80. The Hall–Kier alpha value is -2.54. The highest BCUT2D eigenvalue weighted by atomic mass is 16.5. The lowest BCUT2D eigenvalue weighted by Crippen LogP contribution is -2.26. The molecular weight excluding hydrogens is 338 g/mol. The number of aliphatic carboxylic acids is 2. The van der Waals surface area contributed by atoms with Crippen LogP contribution in [-0.2, 0) is 9.59 Å². The highest BCUT2D eigenvalue weighted by Gasteiger charge is 2.20. The van der Waals surface area contributed by atoms with Gasteiger partial charge in [0.15, 0.2) is 11.3 Å². The van der Waals surface area contributed by atoms with Crippen LogP contribution in [0, 0.1) is 0 Å². The summed E-state index contributed by atoms with van der Waals surface area (Å²) in [4.78, 5) is 19.3. The third-order valence-electron chi connectivity index (χ3n) is 4.23. The molecule has 2 heterocycles. The van der Waals surface area contributed by atoms with E-state index in [1.54, 1.807) is 0 Å². The molecule has 0 radical (unpaired) electrons. The summed E-state index contributed by atoms with van der Waals surface area (Å²) in [5.41, 5.74) is 2.24. The van der Waals surface area contributed by atoms with E-state index in [0.717, 1.165) is 24.4 Å². The third kappa shape index (κ3) is 5.49. The predicted molar refractivity (Wildman–Crippen MR) is 96.7 cm³/mol. The number of benzene rings is 1. The van der Waals surface area contributed by atoms with Crippen LogP contribution in [0.2, 0.25) is 0 Å². The van der Waals surface area contributed by atoms with E-state index in [9.17, 15) is 9.59 Å². The van der Waals surface area contributed by atoms with Gasteiger partial charge in [0.1, 0.15) is 0 Å². The minimum absolute atomic E-state index is 0.296. The Morgan fingerprint density at radius 3 is 2.42 bits per heavy atom. The average Bonchev–Trinajstić information content (AvgIpc) is 3.07. The number of ether oxygens (including phenoxy) is 1. The fraction of sp³-hybridized carbons (Fsp3) is 0.474. The summed E-state index contributed by atoms with van der Waals surface area (Å²) < 4.78 is 11.4. The van der Waals surface area contributed by atoms with E-state index in [0.29, 0.717) is 12.5 Å². The van der Waals surface area contributed by atoms with Gasteiger partial charge in [-0.15, -0.1) is 0 Å². The van der Waals surface area contributed by atoms with Gasteiger partial charge in [0.2, 0.25) is 0 Å². The Labute approximate surface area is 151 Å². The zero-order valence-corrected chi connectivity index (χ0v) is 14.9. The largest absolute Gasteiger partial charge is 0.490 e. The molecule has 1 aromatic carbocycles. The molecule has 26 heavy (non-hydrogen) atoms. The van der Waals surface area contributed by atoms with Crippen LogP contribution in [0.4, 0.5) is 0 Å². The van der Waals surface area contributed by atoms with E-state index < -0.39 is 11.9 Å². The van der Waals surface area contributed by atoms with Gasteiger partial charge in [-0.3, -0.25) is 9.59 Å². The number of nitrogens with one attached hydrogen (secondary N) is 1. The maximum atomic E-state index is 9.64. The van der Waals surface area contributed by atoms with Crippen molar-refractivity contribution in [1.82, 2.24) is 5.32 Å². The first-order valence-corrected chi connectivity index (χ1v) is 8.80. The fourth-order valence-electron chi connectivity index (χ4n) is 2.98. The van der Waals surface area contributed by atoms with Crippen molar-refractivity contribution in [1.29, 1.82) is 0 Å². The van der Waals surface area contributed by atoms with Crippen molar-refractivity contribution in [2.45, 2.75) is 38.5 Å². The van der Waals surface area contributed by atoms with Gasteiger partial charge in [-0.05, 0) is 44.8 Å². The Kier molecular flexibility index (Phi) is 7.47. The molecule has 7 nitrogen and oxygen atoms in total. The van der Waals surface area contributed by atoms with Crippen LogP contribution in [0.1, 0.15) is 44.1 Å². The summed E-state index contributed by atoms with van der Waals surface area (Å²) >= 11 is 0. The number of carbonyl (C=O) groups is 2. The molecule has 1 aliphatic rings. The molecule has 142 valence electrons. The van der Waals surface area contributed by atoms with Gasteiger partial charge in [0.05, 0.1) is 25.7 Å². The van der Waals surface area contributed by atoms with Crippen LogP contribution in [0.3, 0.4) is 0 Å². The molecule has 0 unspecified atom stereocenters. The maximum absolute atomic E-state index is 9.64. The number of carboxylic acid groups (broad SMARTS) is 2. The van der Waals surface area contributed by atoms with Crippen molar-refractivity contribution >= 4 is 22.9 Å². The van der Waals surface area contributed by atoms with E-state index in [-0.39, 0.29) is 12.8 Å². The molecule has 1 aromatic heterocycles. The summed E-state index contributed by atoms with van der Waals surface area (Å²) in [5, 5.41) is 20.4. The van der Waals surface area contributed by atoms with E-state index >= 15 is 0 Å². The lowest BCUT2D eigenvalue weighted by molar-refractivity contribution is -0.143. The summed E-state index contributed by atoms with van der Waals surface area (Å²) in [6.07, 6.45) is 3.70. The van der Waals surface area contributed by atoms with Crippen molar-refractivity contribution in [3.8, 4) is 5.75 Å². The van der Waals surface area contributed by atoms with E-state index in [2.05, 4.69) is 11.4 Å². The number of hydrogen-bond acceptors (Lipinski definition) is 5. The van der Waals surface area contributed by atoms with Gasteiger partial charge < -0.3 is 24.7 Å². The molecule has 1 saturated heterocycles. The molecule has 3 rings (SSSR count). The highest BCUT2D eigenvalue weighted by Crippen LogP contribution is 2.36. The number of carboxylic acids is 2. The normalized spacial score (nSPS) is 14.5. The molecule has 0 spiro atoms. The SMILES string of the molecule is CCOc1cccc2c(C3CCNCC3)coc12.O=C(O)CCC(=O)O. The van der Waals surface area contributed by atoms with Crippen LogP contribution in [0.25, 0.3) is 11.0 Å². The number of para-hydroxylation sites is 1. The predicted octanol–water partition coefficient (Wildman–Crippen LogP) is 3.23. The molecule has 0 aliphatic carbocycles. The lowest BCUT2D eigenvalue weighted by Gasteiger charge is -2.21. The van der Waals surface area contributed by atoms with Crippen molar-refractivity contribution in [3.63, 3.8) is 0 Å². The first kappa shape index (κ1) is 19.8. The van der Waals surface area contributed by atoms with Crippen molar-refractivity contribution in [2.75, 3.05) is 19.7 Å². The third-order valence-corrected chi connectivity index (χ3v) is 4.23. The van der Waals surface area contributed by atoms with Crippen LogP contribution in [-0.4, -0.2) is 41.8 Å². The standard InChI is InChI=1S/C15H19NO2.C4H6O4/c1-2-17-14-5-3-4-12-13(10-18-15(12)14)11-6-8-16-9-7-11;5-3(6)1-2-4(7)8/h3-5,10-11,16H,2,6-9H2,1H3;1-2H2,(H,5,6)(H,7,8). The zero-order valence-electron chi connectivity index (χ0n) is 14.9. The number of rotatable bonds is 6. The monoisotopic (exact) mass is 363 g/mol. The molecular formula is C19H25NO6. The summed E-state index contributed by atoms with van der Waals surface area (Å²) in [5.74, 6) is -0.681. The van der Waals surface area contributed by atoms with Crippen LogP contribution >= 0.6 is 0 Å². The fourth-order valence-corrected chi connectivity index (χ4v) is 2.98. The van der Waals surface area contributed by atoms with E-state index in [1.807, 2.05) is 25.3 Å². The number of hydrogen-bond donors (Lipinski definition) is 3. The summed E-state index contributed by atoms with van der Waals surface area (Å²) in [6.45, 7) is 4.86. The van der Waals surface area contributed by atoms with Crippen molar-refractivity contribution in [3.05, 3.63) is 30.0 Å². The number of fused-ring (bicyclic) bond motifs is 1. The molecule has 7 heteroatoms. The van der Waals surface area contributed by atoms with Crippen molar-refractivity contribution in [2.24, 2.45) is 0 Å². The van der Waals surface area contributed by atoms with Crippen LogP contribution < -0.4 is 10.1 Å². The van der Waals surface area contributed by atoms with Gasteiger partial charge in [0, 0.05) is 10.9 Å². The highest BCUT2D eigenvalue weighted by molar-refractivity contribution is 5.86. The minimum atomic E-state index is -1.08. The molecule has 2 aromatic rings. The molecule has 0 saturated carbocycles. The molecule has 3 N–H and O–H groups in total. The topological polar surface area (TPSA) is 109 Å². The zero-order chi connectivity index (χ0) is 18.9. The quantitative estimate of drug-likeness (QED) is 0.723. The lowest BCUT2D eigenvalue weighted by atomic mass is 9.90. The molecule has 0 atom stereocenters. The average molecular weight is 363 g/mol. The van der Waals surface area contributed by atoms with Gasteiger partial charge >= 0.3 is 11.9 Å². The number of furan rings is 1. The van der Waals surface area contributed by atoms with Crippen molar-refractivity contribution < 1.29 is 29.0 Å². The van der Waals surface area contributed by atoms with Gasteiger partial charge in [-0.2, -0.15) is 0 Å². The summed E-state index contributed by atoms with van der Waals surface area (Å²) in [6, 6.07) is 6.16. The Morgan fingerprint density at radius 2 is 1.85 bits per heavy atom. The minimum Gasteiger partial charge on any atom is -0.490 e. The maximum Gasteiger partial charge on any atom is 0.303 e. The smallest absolute Gasteiger partial charge is 0.303 e. The second-order valence-corrected chi connectivity index (χ2v) is 6.07. The molecule has 1 aliphatic heterocycles. The summed E-state index contributed by atoms with van der Waals surface area (Å²) in [7, 11) is 0. The van der Waals surface area contributed by atoms with Gasteiger partial charge in [0.25, 0.3) is 0 Å². The Morgan fingerprint density at radius 1 is 1.19 bits per heavy atom. The Balaban J connectivity index is 0.000000260. The van der Waals surface area contributed by atoms with E-state index in [1.165, 1.54) is 23.8 Å². The molecule has 0 amide bonds.